The smallest absolute Gasteiger partial charge is 0.141 e. The lowest BCUT2D eigenvalue weighted by atomic mass is 10.0. The summed E-state index contributed by atoms with van der Waals surface area (Å²) in [4.78, 5) is 0. The first-order valence-corrected chi connectivity index (χ1v) is 6.20. The van der Waals surface area contributed by atoms with Gasteiger partial charge in [-0.25, -0.2) is 0 Å². The number of ether oxygens (including phenoxy) is 1. The second-order valence-corrected chi connectivity index (χ2v) is 4.46. The van der Waals surface area contributed by atoms with Gasteiger partial charge < -0.3 is 10.1 Å². The predicted molar refractivity (Wildman–Crippen MR) is 70.9 cm³/mol. The van der Waals surface area contributed by atoms with E-state index in [1.54, 1.807) is 7.11 Å². The van der Waals surface area contributed by atoms with Crippen molar-refractivity contribution < 1.29 is 4.74 Å². The van der Waals surface area contributed by atoms with Gasteiger partial charge in [-0.3, -0.25) is 0 Å². The molecule has 1 rings (SSSR count). The molecule has 0 aromatic heterocycles. The highest BCUT2D eigenvalue weighted by atomic mass is 35.5. The summed E-state index contributed by atoms with van der Waals surface area (Å²) in [6.07, 6.45) is 0.955. The van der Waals surface area contributed by atoms with Crippen molar-refractivity contribution in [2.45, 2.75) is 26.2 Å². The van der Waals surface area contributed by atoms with Crippen molar-refractivity contribution in [2.24, 2.45) is 0 Å². The van der Waals surface area contributed by atoms with Crippen molar-refractivity contribution in [3.05, 3.63) is 23.8 Å². The van der Waals surface area contributed by atoms with Gasteiger partial charge in [0.25, 0.3) is 0 Å². The van der Waals surface area contributed by atoms with Crippen LogP contribution in [0.3, 0.4) is 0 Å². The number of hydrogen-bond acceptors (Lipinski definition) is 2. The van der Waals surface area contributed by atoms with E-state index in [9.17, 15) is 0 Å². The number of halogens is 1. The Morgan fingerprint density at radius 1 is 1.38 bits per heavy atom. The van der Waals surface area contributed by atoms with Gasteiger partial charge in [-0.15, -0.1) is 11.6 Å². The number of alkyl halides is 1. The van der Waals surface area contributed by atoms with E-state index >= 15 is 0 Å². The van der Waals surface area contributed by atoms with Gasteiger partial charge in [-0.1, -0.05) is 19.9 Å². The molecule has 2 nitrogen and oxygen atoms in total. The molecular weight excluding hydrogens is 222 g/mol. The van der Waals surface area contributed by atoms with Crippen LogP contribution in [-0.4, -0.2) is 19.5 Å². The summed E-state index contributed by atoms with van der Waals surface area (Å²) in [5.41, 5.74) is 2.37. The molecule has 0 unspecified atom stereocenters. The molecule has 90 valence electrons. The van der Waals surface area contributed by atoms with Crippen LogP contribution in [0, 0.1) is 0 Å². The van der Waals surface area contributed by atoms with Crippen LogP contribution in [0.1, 0.15) is 31.7 Å². The van der Waals surface area contributed by atoms with Crippen LogP contribution >= 0.6 is 11.6 Å². The average molecular weight is 242 g/mol. The Hall–Kier alpha value is -0.890. The van der Waals surface area contributed by atoms with E-state index in [1.807, 2.05) is 6.07 Å². The minimum absolute atomic E-state index is 0.527. The lowest BCUT2D eigenvalue weighted by Crippen LogP contribution is -2.04. The highest BCUT2D eigenvalue weighted by Crippen LogP contribution is 2.28. The summed E-state index contributed by atoms with van der Waals surface area (Å²) in [5, 5.41) is 3.35. The molecule has 0 radical (unpaired) electrons. The molecule has 0 aliphatic rings. The third kappa shape index (κ3) is 3.60. The van der Waals surface area contributed by atoms with E-state index in [1.165, 1.54) is 5.56 Å². The quantitative estimate of drug-likeness (QED) is 0.603. The number of benzene rings is 1. The standard InChI is InChI=1S/C13H20ClNO/c1-10(2)11-5-6-13(16-3)12(9-11)15-8-4-7-14/h5-6,9-10,15H,4,7-8H2,1-3H3. The molecule has 16 heavy (non-hydrogen) atoms. The van der Waals surface area contributed by atoms with Crippen LogP contribution in [0.25, 0.3) is 0 Å². The lowest BCUT2D eigenvalue weighted by molar-refractivity contribution is 0.416. The van der Waals surface area contributed by atoms with Crippen LogP contribution in [-0.2, 0) is 0 Å². The highest BCUT2D eigenvalue weighted by molar-refractivity contribution is 6.17. The summed E-state index contributed by atoms with van der Waals surface area (Å²) in [5.74, 6) is 2.09. The summed E-state index contributed by atoms with van der Waals surface area (Å²) in [6.45, 7) is 5.25. The zero-order valence-electron chi connectivity index (χ0n) is 10.2. The van der Waals surface area contributed by atoms with Gasteiger partial charge in [-0.2, -0.15) is 0 Å². The molecule has 0 saturated carbocycles. The average Bonchev–Trinajstić information content (AvgIpc) is 2.29. The van der Waals surface area contributed by atoms with Gasteiger partial charge in [0.1, 0.15) is 5.75 Å². The molecule has 0 saturated heterocycles. The van der Waals surface area contributed by atoms with Gasteiger partial charge in [0.05, 0.1) is 12.8 Å². The third-order valence-electron chi connectivity index (χ3n) is 2.52. The predicted octanol–water partition coefficient (Wildman–Crippen LogP) is 3.86. The molecule has 0 atom stereocenters. The maximum absolute atomic E-state index is 5.65. The molecule has 0 fully saturated rings. The Bertz CT molecular complexity index is 326. The molecule has 0 amide bonds. The van der Waals surface area contributed by atoms with Gasteiger partial charge in [0, 0.05) is 12.4 Å². The van der Waals surface area contributed by atoms with E-state index in [0.717, 1.165) is 24.4 Å². The first-order chi connectivity index (χ1) is 7.69. The van der Waals surface area contributed by atoms with Crippen molar-refractivity contribution in [3.63, 3.8) is 0 Å². The number of nitrogens with one attached hydrogen (secondary N) is 1. The maximum atomic E-state index is 5.65. The molecule has 1 N–H and O–H groups in total. The molecule has 1 aromatic rings. The van der Waals surface area contributed by atoms with Gasteiger partial charge in [-0.05, 0) is 30.0 Å². The van der Waals surface area contributed by atoms with Crippen LogP contribution < -0.4 is 10.1 Å². The van der Waals surface area contributed by atoms with E-state index < -0.39 is 0 Å². The zero-order chi connectivity index (χ0) is 12.0. The molecular formula is C13H20ClNO. The normalized spacial score (nSPS) is 10.6. The van der Waals surface area contributed by atoms with Crippen LogP contribution in [0.15, 0.2) is 18.2 Å². The second kappa shape index (κ2) is 6.64. The van der Waals surface area contributed by atoms with Crippen molar-refractivity contribution in [1.82, 2.24) is 0 Å². The third-order valence-corrected chi connectivity index (χ3v) is 2.78. The molecule has 0 aliphatic heterocycles. The molecule has 0 bridgehead atoms. The minimum atomic E-state index is 0.527. The Morgan fingerprint density at radius 2 is 2.12 bits per heavy atom. The first-order valence-electron chi connectivity index (χ1n) is 5.66. The maximum Gasteiger partial charge on any atom is 0.141 e. The molecule has 0 spiro atoms. The van der Waals surface area contributed by atoms with Gasteiger partial charge in [0.2, 0.25) is 0 Å². The number of methoxy groups -OCH3 is 1. The van der Waals surface area contributed by atoms with Crippen molar-refractivity contribution >= 4 is 17.3 Å². The fourth-order valence-corrected chi connectivity index (χ4v) is 1.65. The van der Waals surface area contributed by atoms with Crippen LogP contribution in [0.5, 0.6) is 5.75 Å². The molecule has 0 heterocycles. The van der Waals surface area contributed by atoms with Crippen molar-refractivity contribution in [1.29, 1.82) is 0 Å². The van der Waals surface area contributed by atoms with Gasteiger partial charge >= 0.3 is 0 Å². The zero-order valence-corrected chi connectivity index (χ0v) is 11.0. The number of anilines is 1. The van der Waals surface area contributed by atoms with E-state index in [4.69, 9.17) is 16.3 Å². The van der Waals surface area contributed by atoms with E-state index in [2.05, 4.69) is 31.3 Å². The molecule has 3 heteroatoms. The van der Waals surface area contributed by atoms with E-state index in [0.29, 0.717) is 11.8 Å². The minimum Gasteiger partial charge on any atom is -0.495 e. The summed E-state index contributed by atoms with van der Waals surface area (Å²) in [6, 6.07) is 6.27. The first kappa shape index (κ1) is 13.2. The summed E-state index contributed by atoms with van der Waals surface area (Å²) in [7, 11) is 1.69. The molecule has 0 aliphatic carbocycles. The van der Waals surface area contributed by atoms with Crippen LogP contribution in [0.4, 0.5) is 5.69 Å². The Kier molecular flexibility index (Phi) is 5.47. The summed E-state index contributed by atoms with van der Waals surface area (Å²) < 4.78 is 5.32. The second-order valence-electron chi connectivity index (χ2n) is 4.08. The van der Waals surface area contributed by atoms with Gasteiger partial charge in [0.15, 0.2) is 0 Å². The molecule has 1 aromatic carbocycles. The largest absolute Gasteiger partial charge is 0.495 e. The van der Waals surface area contributed by atoms with Crippen LogP contribution in [0.2, 0.25) is 0 Å². The topological polar surface area (TPSA) is 21.3 Å². The summed E-state index contributed by atoms with van der Waals surface area (Å²) >= 11 is 5.65. The fraction of sp³-hybridized carbons (Fsp3) is 0.538. The monoisotopic (exact) mass is 241 g/mol. The Balaban J connectivity index is 2.80. The Labute approximate surface area is 103 Å². The SMILES string of the molecule is COc1ccc(C(C)C)cc1NCCCCl. The lowest BCUT2D eigenvalue weighted by Gasteiger charge is -2.14. The number of rotatable bonds is 6. The van der Waals surface area contributed by atoms with E-state index in [-0.39, 0.29) is 0 Å². The highest BCUT2D eigenvalue weighted by Gasteiger charge is 2.06. The van der Waals surface area contributed by atoms with Crippen molar-refractivity contribution in [3.8, 4) is 5.75 Å². The fourth-order valence-electron chi connectivity index (χ4n) is 1.51. The van der Waals surface area contributed by atoms with Crippen molar-refractivity contribution in [2.75, 3.05) is 24.9 Å². The Morgan fingerprint density at radius 3 is 2.69 bits per heavy atom. The number of hydrogen-bond donors (Lipinski definition) is 1.